The zero-order valence-electron chi connectivity index (χ0n) is 20.5. The van der Waals surface area contributed by atoms with Crippen molar-refractivity contribution in [1.82, 2.24) is 0 Å². The fourth-order valence-electron chi connectivity index (χ4n) is 8.67. The van der Waals surface area contributed by atoms with E-state index < -0.39 is 0 Å². The molecule has 4 rings (SSSR count). The Morgan fingerprint density at radius 1 is 0.933 bits per heavy atom. The largest absolute Gasteiger partial charge is 0.393 e. The minimum Gasteiger partial charge on any atom is -0.393 e. The summed E-state index contributed by atoms with van der Waals surface area (Å²) in [7, 11) is 0. The van der Waals surface area contributed by atoms with Gasteiger partial charge in [0.2, 0.25) is 0 Å². The molecule has 0 spiro atoms. The van der Waals surface area contributed by atoms with E-state index in [0.717, 1.165) is 42.9 Å². The van der Waals surface area contributed by atoms with Crippen molar-refractivity contribution in [2.75, 3.05) is 0 Å². The molecule has 0 aromatic heterocycles. The molecular weight excluding hydrogens is 368 g/mol. The fourth-order valence-corrected chi connectivity index (χ4v) is 8.67. The Labute approximate surface area is 185 Å². The van der Waals surface area contributed by atoms with Crippen molar-refractivity contribution in [2.24, 2.45) is 52.3 Å². The van der Waals surface area contributed by atoms with E-state index in [0.29, 0.717) is 23.2 Å². The first-order chi connectivity index (χ1) is 14.1. The third kappa shape index (κ3) is 3.62. The lowest BCUT2D eigenvalue weighted by Crippen LogP contribution is -2.54. The predicted molar refractivity (Wildman–Crippen MR) is 125 cm³/mol. The molecule has 2 N–H and O–H groups in total. The van der Waals surface area contributed by atoms with Gasteiger partial charge in [-0.3, -0.25) is 0 Å². The first kappa shape index (κ1) is 22.8. The number of hydrogen-bond donors (Lipinski definition) is 2. The van der Waals surface area contributed by atoms with Gasteiger partial charge in [0.05, 0.1) is 12.2 Å². The molecule has 0 aromatic carbocycles. The zero-order valence-corrected chi connectivity index (χ0v) is 20.5. The Hall–Kier alpha value is -0.340. The summed E-state index contributed by atoms with van der Waals surface area (Å²) in [5.41, 5.74) is 1.98. The van der Waals surface area contributed by atoms with Crippen molar-refractivity contribution >= 4 is 0 Å². The number of hydrogen-bond acceptors (Lipinski definition) is 2. The Kier molecular flexibility index (Phi) is 6.26. The van der Waals surface area contributed by atoms with Crippen LogP contribution in [0.15, 0.2) is 11.6 Å². The van der Waals surface area contributed by atoms with Crippen LogP contribution in [0.2, 0.25) is 0 Å². The lowest BCUT2D eigenvalue weighted by Gasteiger charge is -2.59. The summed E-state index contributed by atoms with van der Waals surface area (Å²) in [6.07, 6.45) is 12.5. The smallest absolute Gasteiger partial charge is 0.0757 e. The third-order valence-electron chi connectivity index (χ3n) is 11.1. The highest BCUT2D eigenvalue weighted by Crippen LogP contribution is 2.67. The summed E-state index contributed by atoms with van der Waals surface area (Å²) in [6.45, 7) is 14.7. The van der Waals surface area contributed by atoms with E-state index in [-0.39, 0.29) is 17.6 Å². The lowest BCUT2D eigenvalue weighted by atomic mass is 9.46. The van der Waals surface area contributed by atoms with Gasteiger partial charge in [-0.2, -0.15) is 0 Å². The highest BCUT2D eigenvalue weighted by molar-refractivity contribution is 5.27. The van der Waals surface area contributed by atoms with E-state index >= 15 is 0 Å². The quantitative estimate of drug-likeness (QED) is 0.495. The molecule has 0 heterocycles. The van der Waals surface area contributed by atoms with Crippen LogP contribution < -0.4 is 0 Å². The molecule has 0 radical (unpaired) electrons. The van der Waals surface area contributed by atoms with E-state index in [9.17, 15) is 10.2 Å². The van der Waals surface area contributed by atoms with E-state index in [1.165, 1.54) is 44.1 Å². The minimum atomic E-state index is -0.303. The number of rotatable bonds is 5. The Morgan fingerprint density at radius 3 is 2.37 bits per heavy atom. The van der Waals surface area contributed by atoms with Crippen LogP contribution in [0, 0.1) is 52.3 Å². The van der Waals surface area contributed by atoms with Gasteiger partial charge in [-0.05, 0) is 97.2 Å². The molecule has 0 aliphatic heterocycles. The monoisotopic (exact) mass is 416 g/mol. The van der Waals surface area contributed by atoms with Crippen LogP contribution >= 0.6 is 0 Å². The van der Waals surface area contributed by atoms with Crippen LogP contribution in [-0.4, -0.2) is 22.4 Å². The van der Waals surface area contributed by atoms with Crippen molar-refractivity contribution in [3.8, 4) is 0 Å². The van der Waals surface area contributed by atoms with Crippen LogP contribution in [0.25, 0.3) is 0 Å². The summed E-state index contributed by atoms with van der Waals surface area (Å²) >= 11 is 0. The van der Waals surface area contributed by atoms with Crippen molar-refractivity contribution in [2.45, 2.75) is 112 Å². The first-order valence-corrected chi connectivity index (χ1v) is 13.1. The van der Waals surface area contributed by atoms with Crippen LogP contribution in [0.4, 0.5) is 0 Å². The van der Waals surface area contributed by atoms with Crippen molar-refractivity contribution in [1.29, 1.82) is 0 Å². The third-order valence-corrected chi connectivity index (χ3v) is 11.1. The van der Waals surface area contributed by atoms with Gasteiger partial charge in [0, 0.05) is 0 Å². The minimum absolute atomic E-state index is 0.202. The molecule has 0 bridgehead atoms. The SMILES string of the molecule is CC(C)[C@@H](C)CC[C@@H](C)[C@H]1CC[C@H]2[C@@H]3[C@H](O)C=C4C[C@@H](O)CC[C@]4(C)[C@H]3CC[C@]12C. The normalized spacial score (nSPS) is 47.8. The molecule has 3 saturated carbocycles. The van der Waals surface area contributed by atoms with Crippen LogP contribution in [0.1, 0.15) is 99.3 Å². The summed E-state index contributed by atoms with van der Waals surface area (Å²) < 4.78 is 0. The molecule has 0 unspecified atom stereocenters. The molecule has 0 amide bonds. The molecule has 3 fully saturated rings. The number of fused-ring (bicyclic) bond motifs is 5. The summed E-state index contributed by atoms with van der Waals surface area (Å²) in [5.74, 6) is 4.92. The van der Waals surface area contributed by atoms with Gasteiger partial charge in [-0.15, -0.1) is 0 Å². The van der Waals surface area contributed by atoms with Gasteiger partial charge in [-0.25, -0.2) is 0 Å². The van der Waals surface area contributed by atoms with Gasteiger partial charge in [0.15, 0.2) is 0 Å². The average molecular weight is 417 g/mol. The van der Waals surface area contributed by atoms with E-state index in [1.807, 2.05) is 0 Å². The van der Waals surface area contributed by atoms with Crippen molar-refractivity contribution in [3.63, 3.8) is 0 Å². The van der Waals surface area contributed by atoms with Gasteiger partial charge >= 0.3 is 0 Å². The number of aliphatic hydroxyl groups is 2. The molecule has 30 heavy (non-hydrogen) atoms. The molecular formula is C28H48O2. The lowest BCUT2D eigenvalue weighted by molar-refractivity contribution is -0.0971. The highest BCUT2D eigenvalue weighted by Gasteiger charge is 2.61. The van der Waals surface area contributed by atoms with Gasteiger partial charge in [-0.1, -0.05) is 66.0 Å². The van der Waals surface area contributed by atoms with Gasteiger partial charge in [0.25, 0.3) is 0 Å². The zero-order chi connectivity index (χ0) is 21.8. The Bertz CT molecular complexity index is 653. The Morgan fingerprint density at radius 2 is 1.67 bits per heavy atom. The maximum atomic E-state index is 11.3. The molecule has 4 aliphatic rings. The highest BCUT2D eigenvalue weighted by atomic mass is 16.3. The molecule has 0 saturated heterocycles. The van der Waals surface area contributed by atoms with Crippen LogP contribution in [0.3, 0.4) is 0 Å². The standard InChI is InChI=1S/C28H48O2/c1-17(2)18(3)7-8-19(4)22-9-10-23-26-24(12-14-28(22,23)6)27(5)13-11-21(29)15-20(27)16-25(26)30/h16-19,21-26,29-30H,7-15H2,1-6H3/t18-,19+,21-,22+,23-,24-,25+,26-,27-,28+/m0/s1. The second-order valence-electron chi connectivity index (χ2n) is 12.8. The second-order valence-corrected chi connectivity index (χ2v) is 12.8. The average Bonchev–Trinajstić information content (AvgIpc) is 3.04. The summed E-state index contributed by atoms with van der Waals surface area (Å²) in [4.78, 5) is 0. The summed E-state index contributed by atoms with van der Waals surface area (Å²) in [6, 6.07) is 0. The maximum absolute atomic E-state index is 11.3. The molecule has 172 valence electrons. The van der Waals surface area contributed by atoms with Gasteiger partial charge in [0.1, 0.15) is 0 Å². The van der Waals surface area contributed by atoms with E-state index in [4.69, 9.17) is 0 Å². The maximum Gasteiger partial charge on any atom is 0.0757 e. The molecule has 10 atom stereocenters. The molecule has 0 aromatic rings. The second kappa shape index (κ2) is 8.22. The Balaban J connectivity index is 1.53. The summed E-state index contributed by atoms with van der Waals surface area (Å²) in [5, 5.41) is 21.5. The van der Waals surface area contributed by atoms with Crippen LogP contribution in [-0.2, 0) is 0 Å². The molecule has 2 nitrogen and oxygen atoms in total. The van der Waals surface area contributed by atoms with Gasteiger partial charge < -0.3 is 10.2 Å². The topological polar surface area (TPSA) is 40.5 Å². The molecule has 4 aliphatic carbocycles. The number of aliphatic hydroxyl groups excluding tert-OH is 2. The molecule has 2 heteroatoms. The fraction of sp³-hybridized carbons (Fsp3) is 0.929. The van der Waals surface area contributed by atoms with Crippen molar-refractivity contribution in [3.05, 3.63) is 11.6 Å². The predicted octanol–water partition coefficient (Wildman–Crippen LogP) is 6.61. The van der Waals surface area contributed by atoms with Crippen molar-refractivity contribution < 1.29 is 10.2 Å². The van der Waals surface area contributed by atoms with E-state index in [2.05, 4.69) is 47.6 Å². The first-order valence-electron chi connectivity index (χ1n) is 13.1. The van der Waals surface area contributed by atoms with Crippen LogP contribution in [0.5, 0.6) is 0 Å². The van der Waals surface area contributed by atoms with E-state index in [1.54, 1.807) is 0 Å².